The molecule has 1 unspecified atom stereocenters. The molecule has 1 N–H and O–H groups in total. The molecule has 1 aromatic heterocycles. The Labute approximate surface area is 148 Å². The highest BCUT2D eigenvalue weighted by atomic mass is 16.5. The number of amides is 1. The van der Waals surface area contributed by atoms with Gasteiger partial charge in [-0.1, -0.05) is 18.2 Å². The number of rotatable bonds is 3. The van der Waals surface area contributed by atoms with Crippen molar-refractivity contribution in [1.82, 2.24) is 14.8 Å². The number of aromatic amines is 1. The van der Waals surface area contributed by atoms with Crippen molar-refractivity contribution < 1.29 is 9.53 Å². The zero-order chi connectivity index (χ0) is 17.2. The molecule has 0 bridgehead atoms. The number of carbonyl (C=O) groups is 1. The number of para-hydroxylation sites is 1. The largest absolute Gasteiger partial charge is 0.376 e. The van der Waals surface area contributed by atoms with Gasteiger partial charge in [0.1, 0.15) is 0 Å². The van der Waals surface area contributed by atoms with Gasteiger partial charge in [-0.05, 0) is 31.4 Å². The molecule has 0 saturated carbocycles. The normalized spacial score (nSPS) is 23.2. The van der Waals surface area contributed by atoms with Crippen molar-refractivity contribution in [3.8, 4) is 0 Å². The molecule has 2 saturated heterocycles. The highest BCUT2D eigenvalue weighted by Crippen LogP contribution is 2.22. The van der Waals surface area contributed by atoms with E-state index in [1.54, 1.807) is 0 Å². The Hall–Kier alpha value is -1.85. The first kappa shape index (κ1) is 16.6. The minimum absolute atomic E-state index is 0.249. The quantitative estimate of drug-likeness (QED) is 0.933. The maximum absolute atomic E-state index is 12.7. The number of fused-ring (bicyclic) bond motifs is 1. The first-order chi connectivity index (χ1) is 12.2. The highest BCUT2D eigenvalue weighted by molar-refractivity contribution is 5.88. The van der Waals surface area contributed by atoms with E-state index in [1.165, 1.54) is 0 Å². The Balaban J connectivity index is 1.33. The van der Waals surface area contributed by atoms with E-state index < -0.39 is 0 Å². The molecule has 134 valence electrons. The van der Waals surface area contributed by atoms with Gasteiger partial charge in [0, 0.05) is 49.3 Å². The van der Waals surface area contributed by atoms with Crippen LogP contribution in [0.15, 0.2) is 30.5 Å². The second-order valence-electron chi connectivity index (χ2n) is 7.32. The van der Waals surface area contributed by atoms with E-state index in [1.807, 2.05) is 23.2 Å². The lowest BCUT2D eigenvalue weighted by Crippen LogP contribution is -2.51. The number of H-pyrrole nitrogens is 1. The predicted molar refractivity (Wildman–Crippen MR) is 98.6 cm³/mol. The second-order valence-corrected chi connectivity index (χ2v) is 7.32. The molecule has 2 fully saturated rings. The van der Waals surface area contributed by atoms with Crippen LogP contribution in [0.5, 0.6) is 0 Å². The number of piperidine rings is 1. The summed E-state index contributed by atoms with van der Waals surface area (Å²) in [7, 11) is 0. The molecule has 1 amide bonds. The zero-order valence-electron chi connectivity index (χ0n) is 14.9. The number of hydrogen-bond donors (Lipinski definition) is 1. The SMILES string of the molecule is CC1CN(C2CCN(C(=O)Cc3c[nH]c4ccccc34)CC2)CCO1. The highest BCUT2D eigenvalue weighted by Gasteiger charge is 2.29. The molecular weight excluding hydrogens is 314 g/mol. The number of nitrogens with zero attached hydrogens (tertiary/aromatic N) is 2. The van der Waals surface area contributed by atoms with Crippen molar-refractivity contribution >= 4 is 16.8 Å². The Morgan fingerprint density at radius 1 is 1.24 bits per heavy atom. The summed E-state index contributed by atoms with van der Waals surface area (Å²) in [5.74, 6) is 0.249. The molecule has 25 heavy (non-hydrogen) atoms. The first-order valence-electron chi connectivity index (χ1n) is 9.39. The third kappa shape index (κ3) is 3.58. The van der Waals surface area contributed by atoms with Crippen LogP contribution in [-0.2, 0) is 16.0 Å². The standard InChI is InChI=1S/C20H27N3O2/c1-15-14-23(10-11-25-15)17-6-8-22(9-7-17)20(24)12-16-13-21-19-5-3-2-4-18(16)19/h2-5,13,15,17,21H,6-12,14H2,1H3. The molecule has 0 radical (unpaired) electrons. The molecule has 5 heteroatoms. The maximum Gasteiger partial charge on any atom is 0.227 e. The van der Waals surface area contributed by atoms with E-state index in [9.17, 15) is 4.79 Å². The number of ether oxygens (including phenoxy) is 1. The number of morpholine rings is 1. The van der Waals surface area contributed by atoms with Gasteiger partial charge in [0.2, 0.25) is 5.91 Å². The fourth-order valence-corrected chi connectivity index (χ4v) is 4.21. The van der Waals surface area contributed by atoms with Gasteiger partial charge in [-0.15, -0.1) is 0 Å². The summed E-state index contributed by atoms with van der Waals surface area (Å²) in [5, 5.41) is 1.16. The van der Waals surface area contributed by atoms with E-state index in [4.69, 9.17) is 4.74 Å². The van der Waals surface area contributed by atoms with Crippen molar-refractivity contribution in [2.45, 2.75) is 38.3 Å². The zero-order valence-corrected chi connectivity index (χ0v) is 14.9. The van der Waals surface area contributed by atoms with Crippen LogP contribution in [0.2, 0.25) is 0 Å². The molecule has 1 atom stereocenters. The Kier molecular flexibility index (Phi) is 4.77. The van der Waals surface area contributed by atoms with Gasteiger partial charge in [-0.25, -0.2) is 0 Å². The number of hydrogen-bond acceptors (Lipinski definition) is 3. The molecule has 0 spiro atoms. The number of nitrogens with one attached hydrogen (secondary N) is 1. The number of carbonyl (C=O) groups excluding carboxylic acids is 1. The first-order valence-corrected chi connectivity index (χ1v) is 9.39. The molecule has 2 aromatic rings. The maximum atomic E-state index is 12.7. The molecule has 1 aromatic carbocycles. The van der Waals surface area contributed by atoms with Gasteiger partial charge in [0.25, 0.3) is 0 Å². The number of benzene rings is 1. The summed E-state index contributed by atoms with van der Waals surface area (Å²) in [5.41, 5.74) is 2.20. The average molecular weight is 341 g/mol. The molecule has 0 aliphatic carbocycles. The van der Waals surface area contributed by atoms with Gasteiger partial charge in [0.05, 0.1) is 19.1 Å². The van der Waals surface area contributed by atoms with E-state index >= 15 is 0 Å². The molecule has 2 aliphatic heterocycles. The van der Waals surface area contributed by atoms with Crippen LogP contribution in [0.25, 0.3) is 10.9 Å². The summed E-state index contributed by atoms with van der Waals surface area (Å²) in [6, 6.07) is 8.78. The number of aromatic nitrogens is 1. The summed E-state index contributed by atoms with van der Waals surface area (Å²) in [4.78, 5) is 20.6. The van der Waals surface area contributed by atoms with Crippen LogP contribution < -0.4 is 0 Å². The van der Waals surface area contributed by atoms with Crippen LogP contribution in [0, 0.1) is 0 Å². The summed E-state index contributed by atoms with van der Waals surface area (Å²) < 4.78 is 5.64. The Morgan fingerprint density at radius 2 is 2.04 bits per heavy atom. The van der Waals surface area contributed by atoms with Crippen LogP contribution in [0.3, 0.4) is 0 Å². The van der Waals surface area contributed by atoms with E-state index in [-0.39, 0.29) is 5.91 Å². The van der Waals surface area contributed by atoms with Gasteiger partial charge < -0.3 is 14.6 Å². The fourth-order valence-electron chi connectivity index (χ4n) is 4.21. The summed E-state index contributed by atoms with van der Waals surface area (Å²) in [6.45, 7) is 6.77. The minimum atomic E-state index is 0.249. The summed E-state index contributed by atoms with van der Waals surface area (Å²) >= 11 is 0. The van der Waals surface area contributed by atoms with Gasteiger partial charge in [0.15, 0.2) is 0 Å². The lowest BCUT2D eigenvalue weighted by atomic mass is 10.0. The van der Waals surface area contributed by atoms with Crippen LogP contribution in [-0.4, -0.2) is 65.6 Å². The van der Waals surface area contributed by atoms with E-state index in [0.717, 1.165) is 62.1 Å². The van der Waals surface area contributed by atoms with Crippen LogP contribution in [0.1, 0.15) is 25.3 Å². The topological polar surface area (TPSA) is 48.6 Å². The van der Waals surface area contributed by atoms with Crippen molar-refractivity contribution in [2.24, 2.45) is 0 Å². The van der Waals surface area contributed by atoms with E-state index in [2.05, 4.69) is 28.9 Å². The van der Waals surface area contributed by atoms with Crippen molar-refractivity contribution in [3.05, 3.63) is 36.0 Å². The molecule has 4 rings (SSSR count). The molecular formula is C20H27N3O2. The second kappa shape index (κ2) is 7.18. The summed E-state index contributed by atoms with van der Waals surface area (Å²) in [6.07, 6.45) is 4.95. The van der Waals surface area contributed by atoms with Gasteiger partial charge in [-0.2, -0.15) is 0 Å². The molecule has 2 aliphatic rings. The number of likely N-dealkylation sites (tertiary alicyclic amines) is 1. The van der Waals surface area contributed by atoms with Gasteiger partial charge >= 0.3 is 0 Å². The predicted octanol–water partition coefficient (Wildman–Crippen LogP) is 2.42. The lowest BCUT2D eigenvalue weighted by Gasteiger charge is -2.41. The van der Waals surface area contributed by atoms with Gasteiger partial charge in [-0.3, -0.25) is 9.69 Å². The average Bonchev–Trinajstić information content (AvgIpc) is 3.05. The minimum Gasteiger partial charge on any atom is -0.376 e. The Morgan fingerprint density at radius 3 is 2.84 bits per heavy atom. The molecule has 3 heterocycles. The third-order valence-corrected chi connectivity index (χ3v) is 5.62. The van der Waals surface area contributed by atoms with Crippen molar-refractivity contribution in [3.63, 3.8) is 0 Å². The fraction of sp³-hybridized carbons (Fsp3) is 0.550. The lowest BCUT2D eigenvalue weighted by molar-refractivity contribution is -0.132. The smallest absolute Gasteiger partial charge is 0.227 e. The van der Waals surface area contributed by atoms with Crippen LogP contribution >= 0.6 is 0 Å². The third-order valence-electron chi connectivity index (χ3n) is 5.62. The molecule has 5 nitrogen and oxygen atoms in total. The Bertz CT molecular complexity index is 733. The van der Waals surface area contributed by atoms with E-state index in [0.29, 0.717) is 18.6 Å². The van der Waals surface area contributed by atoms with Crippen LogP contribution in [0.4, 0.5) is 0 Å². The van der Waals surface area contributed by atoms with Crippen molar-refractivity contribution in [2.75, 3.05) is 32.8 Å². The van der Waals surface area contributed by atoms with Crippen molar-refractivity contribution in [1.29, 1.82) is 0 Å². The monoisotopic (exact) mass is 341 g/mol.